The van der Waals surface area contributed by atoms with Crippen molar-refractivity contribution in [2.24, 2.45) is 0 Å². The lowest BCUT2D eigenvalue weighted by Crippen LogP contribution is -2.36. The van der Waals surface area contributed by atoms with Crippen molar-refractivity contribution in [3.05, 3.63) is 39.9 Å². The van der Waals surface area contributed by atoms with E-state index in [1.54, 1.807) is 19.1 Å². The molecule has 0 radical (unpaired) electrons. The van der Waals surface area contributed by atoms with Gasteiger partial charge in [0, 0.05) is 19.2 Å². The fraction of sp³-hybridized carbons (Fsp3) is 0.462. The van der Waals surface area contributed by atoms with E-state index in [0.717, 1.165) is 0 Å². The van der Waals surface area contributed by atoms with Crippen LogP contribution in [-0.2, 0) is 9.53 Å². The molecule has 19 heavy (non-hydrogen) atoms. The predicted octanol–water partition coefficient (Wildman–Crippen LogP) is 2.20. The minimum atomic E-state index is -0.548. The second-order valence-electron chi connectivity index (χ2n) is 4.20. The zero-order valence-electron chi connectivity index (χ0n) is 11.3. The van der Waals surface area contributed by atoms with Gasteiger partial charge in [-0.05, 0) is 18.9 Å². The normalized spacial score (nSPS) is 13.6. The van der Waals surface area contributed by atoms with Gasteiger partial charge in [-0.3, -0.25) is 14.9 Å². The number of amides is 1. The summed E-state index contributed by atoms with van der Waals surface area (Å²) < 4.78 is 4.93. The van der Waals surface area contributed by atoms with Crippen LogP contribution >= 0.6 is 0 Å². The van der Waals surface area contributed by atoms with E-state index in [4.69, 9.17) is 4.74 Å². The third-order valence-electron chi connectivity index (χ3n) is 2.93. The molecule has 0 saturated heterocycles. The lowest BCUT2D eigenvalue weighted by molar-refractivity contribution is -0.384. The molecule has 1 amide bonds. The standard InChI is InChI=1S/C13H18N2O4/c1-4-12(14-13(16)9(2)19-3)10-6-5-7-11(8-10)15(17)18/h5-9,12H,4H2,1-3H3,(H,14,16)/t9-,12-/m0/s1. The molecule has 0 saturated carbocycles. The molecule has 0 heterocycles. The number of hydrogen-bond donors (Lipinski definition) is 1. The first-order valence-corrected chi connectivity index (χ1v) is 6.07. The number of methoxy groups -OCH3 is 1. The van der Waals surface area contributed by atoms with Gasteiger partial charge < -0.3 is 10.1 Å². The maximum atomic E-state index is 11.8. The maximum Gasteiger partial charge on any atom is 0.269 e. The van der Waals surface area contributed by atoms with Gasteiger partial charge in [0.05, 0.1) is 11.0 Å². The first-order valence-electron chi connectivity index (χ1n) is 6.07. The van der Waals surface area contributed by atoms with Crippen LogP contribution in [0.25, 0.3) is 0 Å². The summed E-state index contributed by atoms with van der Waals surface area (Å²) >= 11 is 0. The fourth-order valence-corrected chi connectivity index (χ4v) is 1.67. The van der Waals surface area contributed by atoms with Crippen LogP contribution < -0.4 is 5.32 Å². The molecule has 0 aromatic heterocycles. The minimum absolute atomic E-state index is 0.0185. The summed E-state index contributed by atoms with van der Waals surface area (Å²) in [6.07, 6.45) is 0.0938. The second kappa shape index (κ2) is 6.84. The lowest BCUT2D eigenvalue weighted by Gasteiger charge is -2.19. The van der Waals surface area contributed by atoms with Crippen molar-refractivity contribution in [1.82, 2.24) is 5.32 Å². The Kier molecular flexibility index (Phi) is 5.44. The van der Waals surface area contributed by atoms with Gasteiger partial charge in [0.25, 0.3) is 5.69 Å². The van der Waals surface area contributed by atoms with Gasteiger partial charge >= 0.3 is 0 Å². The third-order valence-corrected chi connectivity index (χ3v) is 2.93. The summed E-state index contributed by atoms with van der Waals surface area (Å²) in [5.74, 6) is -0.235. The van der Waals surface area contributed by atoms with E-state index in [2.05, 4.69) is 5.32 Å². The molecular formula is C13H18N2O4. The van der Waals surface area contributed by atoms with E-state index < -0.39 is 11.0 Å². The molecule has 1 aromatic rings. The van der Waals surface area contributed by atoms with Crippen molar-refractivity contribution in [3.63, 3.8) is 0 Å². The summed E-state index contributed by atoms with van der Waals surface area (Å²) in [6.45, 7) is 3.55. The summed E-state index contributed by atoms with van der Waals surface area (Å²) in [5.41, 5.74) is 0.735. The molecule has 6 nitrogen and oxygen atoms in total. The summed E-state index contributed by atoms with van der Waals surface area (Å²) in [7, 11) is 1.46. The van der Waals surface area contributed by atoms with Crippen molar-refractivity contribution in [1.29, 1.82) is 0 Å². The van der Waals surface area contributed by atoms with Gasteiger partial charge in [-0.15, -0.1) is 0 Å². The van der Waals surface area contributed by atoms with Crippen LogP contribution in [0.4, 0.5) is 5.69 Å². The number of benzene rings is 1. The van der Waals surface area contributed by atoms with Crippen LogP contribution in [0.15, 0.2) is 24.3 Å². The van der Waals surface area contributed by atoms with Gasteiger partial charge in [0.1, 0.15) is 6.10 Å². The number of hydrogen-bond acceptors (Lipinski definition) is 4. The molecule has 0 unspecified atom stereocenters. The Morgan fingerprint density at radius 2 is 2.21 bits per heavy atom. The molecule has 0 spiro atoms. The highest BCUT2D eigenvalue weighted by atomic mass is 16.6. The minimum Gasteiger partial charge on any atom is -0.372 e. The zero-order valence-corrected chi connectivity index (χ0v) is 11.3. The van der Waals surface area contributed by atoms with Crippen molar-refractivity contribution in [3.8, 4) is 0 Å². The second-order valence-corrected chi connectivity index (χ2v) is 4.20. The number of nitro benzene ring substituents is 1. The van der Waals surface area contributed by atoms with Gasteiger partial charge in [-0.1, -0.05) is 19.1 Å². The van der Waals surface area contributed by atoms with Gasteiger partial charge in [0.15, 0.2) is 0 Å². The molecule has 0 fully saturated rings. The van der Waals surface area contributed by atoms with E-state index in [9.17, 15) is 14.9 Å². The Balaban J connectivity index is 2.88. The van der Waals surface area contributed by atoms with E-state index in [1.807, 2.05) is 6.92 Å². The molecular weight excluding hydrogens is 248 g/mol. The van der Waals surface area contributed by atoms with Crippen molar-refractivity contribution >= 4 is 11.6 Å². The van der Waals surface area contributed by atoms with Crippen LogP contribution in [0.5, 0.6) is 0 Å². The van der Waals surface area contributed by atoms with Crippen LogP contribution in [0.1, 0.15) is 31.9 Å². The summed E-state index contributed by atoms with van der Waals surface area (Å²) in [6, 6.07) is 6.02. The smallest absolute Gasteiger partial charge is 0.269 e. The average molecular weight is 266 g/mol. The first kappa shape index (κ1) is 15.1. The van der Waals surface area contributed by atoms with Crippen LogP contribution in [0, 0.1) is 10.1 Å². The molecule has 1 N–H and O–H groups in total. The molecule has 0 aliphatic heterocycles. The first-order chi connectivity index (χ1) is 8.99. The summed E-state index contributed by atoms with van der Waals surface area (Å²) in [4.78, 5) is 22.1. The number of nitro groups is 1. The molecule has 104 valence electrons. The Labute approximate surface area is 111 Å². The molecule has 0 aliphatic rings. The number of carbonyl (C=O) groups is 1. The SMILES string of the molecule is CC[C@H](NC(=O)[C@H](C)OC)c1cccc([N+](=O)[O-])c1. The zero-order chi connectivity index (χ0) is 14.4. The monoisotopic (exact) mass is 266 g/mol. The van der Waals surface area contributed by atoms with Gasteiger partial charge in [-0.25, -0.2) is 0 Å². The highest BCUT2D eigenvalue weighted by Gasteiger charge is 2.18. The average Bonchev–Trinajstić information content (AvgIpc) is 2.43. The Morgan fingerprint density at radius 1 is 1.53 bits per heavy atom. The quantitative estimate of drug-likeness (QED) is 0.632. The fourth-order valence-electron chi connectivity index (χ4n) is 1.67. The molecule has 0 bridgehead atoms. The third kappa shape index (κ3) is 4.03. The summed E-state index contributed by atoms with van der Waals surface area (Å²) in [5, 5.41) is 13.6. The van der Waals surface area contributed by atoms with E-state index in [0.29, 0.717) is 12.0 Å². The lowest BCUT2D eigenvalue weighted by atomic mass is 10.0. The van der Waals surface area contributed by atoms with Crippen LogP contribution in [0.2, 0.25) is 0 Å². The highest BCUT2D eigenvalue weighted by Crippen LogP contribution is 2.21. The maximum absolute atomic E-state index is 11.8. The van der Waals surface area contributed by atoms with E-state index in [-0.39, 0.29) is 17.6 Å². The molecule has 2 atom stereocenters. The largest absolute Gasteiger partial charge is 0.372 e. The Hall–Kier alpha value is -1.95. The van der Waals surface area contributed by atoms with E-state index in [1.165, 1.54) is 19.2 Å². The predicted molar refractivity (Wildman–Crippen MR) is 70.7 cm³/mol. The molecule has 0 aliphatic carbocycles. The van der Waals surface area contributed by atoms with Crippen LogP contribution in [0.3, 0.4) is 0 Å². The molecule has 1 rings (SSSR count). The number of nitrogens with zero attached hydrogens (tertiary/aromatic N) is 1. The highest BCUT2D eigenvalue weighted by molar-refractivity contribution is 5.80. The molecule has 1 aromatic carbocycles. The van der Waals surface area contributed by atoms with Gasteiger partial charge in [0.2, 0.25) is 5.91 Å². The topological polar surface area (TPSA) is 81.5 Å². The van der Waals surface area contributed by atoms with Crippen molar-refractivity contribution < 1.29 is 14.5 Å². The number of non-ortho nitro benzene ring substituents is 1. The molecule has 6 heteroatoms. The van der Waals surface area contributed by atoms with Gasteiger partial charge in [-0.2, -0.15) is 0 Å². The number of nitrogens with one attached hydrogen (secondary N) is 1. The van der Waals surface area contributed by atoms with Crippen molar-refractivity contribution in [2.75, 3.05) is 7.11 Å². The Morgan fingerprint density at radius 3 is 2.74 bits per heavy atom. The Bertz CT molecular complexity index is 462. The number of rotatable bonds is 6. The number of ether oxygens (including phenoxy) is 1. The van der Waals surface area contributed by atoms with E-state index >= 15 is 0 Å². The van der Waals surface area contributed by atoms with Crippen molar-refractivity contribution in [2.45, 2.75) is 32.4 Å². The van der Waals surface area contributed by atoms with Crippen LogP contribution in [-0.4, -0.2) is 24.0 Å². The number of carbonyl (C=O) groups excluding carboxylic acids is 1.